The molecule has 7 atom stereocenters. The van der Waals surface area contributed by atoms with Crippen LogP contribution in [0.5, 0.6) is 0 Å². The van der Waals surface area contributed by atoms with Crippen LogP contribution in [0.25, 0.3) is 0 Å². The van der Waals surface area contributed by atoms with Crippen LogP contribution in [-0.2, 0) is 0 Å². The van der Waals surface area contributed by atoms with Gasteiger partial charge in [0.1, 0.15) is 0 Å². The summed E-state index contributed by atoms with van der Waals surface area (Å²) < 4.78 is 0. The maximum absolute atomic E-state index is 2.73. The van der Waals surface area contributed by atoms with Gasteiger partial charge in [-0.3, -0.25) is 0 Å². The van der Waals surface area contributed by atoms with Crippen LogP contribution in [-0.4, -0.2) is 0 Å². The maximum Gasteiger partial charge on any atom is -0.0289 e. The quantitative estimate of drug-likeness (QED) is 0.469. The lowest BCUT2D eigenvalue weighted by molar-refractivity contribution is 0.0131. The van der Waals surface area contributed by atoms with Gasteiger partial charge in [0.05, 0.1) is 0 Å². The second-order valence-electron chi connectivity index (χ2n) is 12.7. The van der Waals surface area contributed by atoms with Gasteiger partial charge < -0.3 is 0 Å². The summed E-state index contributed by atoms with van der Waals surface area (Å²) in [6.45, 7) is 15.5. The SMILES string of the molecule is CC1CC(C(C)(C)C)CC1C(C)(C)C1C2CCCCC2C2CCCCC21. The van der Waals surface area contributed by atoms with Crippen LogP contribution in [0.2, 0.25) is 0 Å². The molecule has 0 heteroatoms. The van der Waals surface area contributed by atoms with E-state index in [0.717, 1.165) is 47.3 Å². The number of fused-ring (bicyclic) bond motifs is 3. The van der Waals surface area contributed by atoms with Gasteiger partial charge in [-0.1, -0.05) is 67.2 Å². The Morgan fingerprint density at radius 3 is 1.50 bits per heavy atom. The highest BCUT2D eigenvalue weighted by Crippen LogP contribution is 2.65. The molecule has 4 fully saturated rings. The lowest BCUT2D eigenvalue weighted by atomic mass is 9.58. The summed E-state index contributed by atoms with van der Waals surface area (Å²) in [6, 6.07) is 0. The normalized spacial score (nSPS) is 46.8. The van der Waals surface area contributed by atoms with E-state index in [4.69, 9.17) is 0 Å². The summed E-state index contributed by atoms with van der Waals surface area (Å²) in [4.78, 5) is 0. The summed E-state index contributed by atoms with van der Waals surface area (Å²) in [6.07, 6.45) is 15.4. The molecule has 0 spiro atoms. The largest absolute Gasteiger partial charge is 0.0622 e. The van der Waals surface area contributed by atoms with Crippen molar-refractivity contribution in [2.45, 2.75) is 106 Å². The second-order valence-corrected chi connectivity index (χ2v) is 12.7. The smallest absolute Gasteiger partial charge is 0.0289 e. The molecule has 0 N–H and O–H groups in total. The molecule has 0 aromatic rings. The van der Waals surface area contributed by atoms with Gasteiger partial charge in [-0.15, -0.1) is 0 Å². The Morgan fingerprint density at radius 1 is 0.615 bits per heavy atom. The first kappa shape index (κ1) is 19.3. The van der Waals surface area contributed by atoms with Crippen molar-refractivity contribution in [3.8, 4) is 0 Å². The van der Waals surface area contributed by atoms with Gasteiger partial charge in [0, 0.05) is 0 Å². The molecule has 4 saturated carbocycles. The lowest BCUT2D eigenvalue weighted by Crippen LogP contribution is -2.41. The van der Waals surface area contributed by atoms with Crippen LogP contribution >= 0.6 is 0 Å². The molecule has 0 amide bonds. The standard InChI is InChI=1S/C26H46/c1-17-15-18(25(2,3)4)16-23(17)26(5,6)24-21-13-9-7-11-19(21)20-12-8-10-14-22(20)24/h17-24H,7-16H2,1-6H3. The second kappa shape index (κ2) is 6.81. The minimum Gasteiger partial charge on any atom is -0.0622 e. The molecule has 0 heterocycles. The predicted octanol–water partition coefficient (Wildman–Crippen LogP) is 7.96. The minimum atomic E-state index is 0.496. The zero-order valence-electron chi connectivity index (χ0n) is 18.7. The molecule has 4 aliphatic rings. The number of hydrogen-bond acceptors (Lipinski definition) is 0. The van der Waals surface area contributed by atoms with E-state index in [1.54, 1.807) is 25.7 Å². The van der Waals surface area contributed by atoms with E-state index in [2.05, 4.69) is 41.5 Å². The van der Waals surface area contributed by atoms with E-state index in [1.165, 1.54) is 38.5 Å². The third-order valence-corrected chi connectivity index (χ3v) is 10.1. The number of hydrogen-bond donors (Lipinski definition) is 0. The fourth-order valence-electron chi connectivity index (χ4n) is 8.99. The Labute approximate surface area is 164 Å². The Balaban J connectivity index is 1.61. The molecule has 0 nitrogen and oxygen atoms in total. The van der Waals surface area contributed by atoms with Crippen molar-refractivity contribution < 1.29 is 0 Å². The van der Waals surface area contributed by atoms with E-state index in [-0.39, 0.29) is 0 Å². The van der Waals surface area contributed by atoms with Crippen molar-refractivity contribution in [2.75, 3.05) is 0 Å². The molecule has 0 aromatic heterocycles. The highest BCUT2D eigenvalue weighted by atomic mass is 14.6. The summed E-state index contributed by atoms with van der Waals surface area (Å²) in [5.41, 5.74) is 1.05. The van der Waals surface area contributed by atoms with E-state index in [0.29, 0.717) is 10.8 Å². The van der Waals surface area contributed by atoms with Crippen LogP contribution in [0.15, 0.2) is 0 Å². The molecule has 0 aromatic carbocycles. The maximum atomic E-state index is 2.73. The summed E-state index contributed by atoms with van der Waals surface area (Å²) in [5.74, 6) is 8.22. The molecule has 4 rings (SSSR count). The van der Waals surface area contributed by atoms with Gasteiger partial charge >= 0.3 is 0 Å². The van der Waals surface area contributed by atoms with Gasteiger partial charge in [0.15, 0.2) is 0 Å². The fraction of sp³-hybridized carbons (Fsp3) is 1.00. The topological polar surface area (TPSA) is 0 Å². The summed E-state index contributed by atoms with van der Waals surface area (Å²) in [7, 11) is 0. The highest BCUT2D eigenvalue weighted by molar-refractivity contribution is 5.07. The van der Waals surface area contributed by atoms with Gasteiger partial charge in [-0.05, 0) is 96.7 Å². The summed E-state index contributed by atoms with van der Waals surface area (Å²) >= 11 is 0. The first-order chi connectivity index (χ1) is 12.2. The zero-order valence-corrected chi connectivity index (χ0v) is 18.7. The molecule has 4 aliphatic carbocycles. The van der Waals surface area contributed by atoms with Crippen LogP contribution in [0.1, 0.15) is 106 Å². The zero-order chi connectivity index (χ0) is 18.7. The molecule has 0 aliphatic heterocycles. The molecule has 7 unspecified atom stereocenters. The van der Waals surface area contributed by atoms with Gasteiger partial charge in [-0.2, -0.15) is 0 Å². The van der Waals surface area contributed by atoms with Crippen molar-refractivity contribution in [1.29, 1.82) is 0 Å². The molecule has 26 heavy (non-hydrogen) atoms. The third-order valence-electron chi connectivity index (χ3n) is 10.1. The Hall–Kier alpha value is 0. The van der Waals surface area contributed by atoms with E-state index in [9.17, 15) is 0 Å². The van der Waals surface area contributed by atoms with Crippen LogP contribution < -0.4 is 0 Å². The van der Waals surface area contributed by atoms with Gasteiger partial charge in [0.25, 0.3) is 0 Å². The van der Waals surface area contributed by atoms with Gasteiger partial charge in [-0.25, -0.2) is 0 Å². The Kier molecular flexibility index (Phi) is 5.06. The average molecular weight is 359 g/mol. The van der Waals surface area contributed by atoms with Crippen molar-refractivity contribution in [1.82, 2.24) is 0 Å². The fourth-order valence-corrected chi connectivity index (χ4v) is 8.99. The third kappa shape index (κ3) is 3.10. The Bertz CT molecular complexity index is 473. The predicted molar refractivity (Wildman–Crippen MR) is 113 cm³/mol. The van der Waals surface area contributed by atoms with E-state index in [1.807, 2.05) is 0 Å². The van der Waals surface area contributed by atoms with Crippen molar-refractivity contribution in [2.24, 2.45) is 58.2 Å². The average Bonchev–Trinajstić information content (AvgIpc) is 3.13. The minimum absolute atomic E-state index is 0.496. The molecule has 0 radical (unpaired) electrons. The first-order valence-corrected chi connectivity index (χ1v) is 12.2. The van der Waals surface area contributed by atoms with Crippen molar-refractivity contribution in [3.63, 3.8) is 0 Å². The summed E-state index contributed by atoms with van der Waals surface area (Å²) in [5, 5.41) is 0. The van der Waals surface area contributed by atoms with Gasteiger partial charge in [0.2, 0.25) is 0 Å². The molecule has 150 valence electrons. The first-order valence-electron chi connectivity index (χ1n) is 12.2. The molecule has 0 saturated heterocycles. The van der Waals surface area contributed by atoms with Crippen molar-refractivity contribution in [3.05, 3.63) is 0 Å². The van der Waals surface area contributed by atoms with Crippen LogP contribution in [0.4, 0.5) is 0 Å². The highest BCUT2D eigenvalue weighted by Gasteiger charge is 2.58. The Morgan fingerprint density at radius 2 is 1.08 bits per heavy atom. The van der Waals surface area contributed by atoms with E-state index >= 15 is 0 Å². The molecular formula is C26H46. The van der Waals surface area contributed by atoms with Crippen LogP contribution in [0, 0.1) is 58.2 Å². The molecule has 0 bridgehead atoms. The monoisotopic (exact) mass is 358 g/mol. The van der Waals surface area contributed by atoms with Crippen LogP contribution in [0.3, 0.4) is 0 Å². The molecular weight excluding hydrogens is 312 g/mol. The lowest BCUT2D eigenvalue weighted by Gasteiger charge is -2.47. The van der Waals surface area contributed by atoms with Crippen molar-refractivity contribution >= 4 is 0 Å². The van der Waals surface area contributed by atoms with E-state index < -0.39 is 0 Å². The number of rotatable bonds is 2.